The van der Waals surface area contributed by atoms with E-state index in [-0.39, 0.29) is 11.3 Å². The highest BCUT2D eigenvalue weighted by Crippen LogP contribution is 2.38. The zero-order valence-corrected chi connectivity index (χ0v) is 13.2. The number of hydrogen-bond donors (Lipinski definition) is 2. The van der Waals surface area contributed by atoms with Gasteiger partial charge in [-0.15, -0.1) is 0 Å². The highest BCUT2D eigenvalue weighted by Gasteiger charge is 2.32. The third-order valence-electron chi connectivity index (χ3n) is 4.55. The number of nitrogens with one attached hydrogen (secondary N) is 1. The van der Waals surface area contributed by atoms with Crippen LogP contribution in [0.4, 0.5) is 11.4 Å². The van der Waals surface area contributed by atoms with Crippen LogP contribution in [0.15, 0.2) is 24.3 Å². The molecule has 3 N–H and O–H groups in total. The number of carbonyl (C=O) groups is 1. The fraction of sp³-hybridized carbons (Fsp3) is 0.588. The molecular weight excluding hydrogens is 262 g/mol. The highest BCUT2D eigenvalue weighted by molar-refractivity contribution is 5.91. The lowest BCUT2D eigenvalue weighted by atomic mass is 9.71. The van der Waals surface area contributed by atoms with E-state index in [4.69, 9.17) is 5.73 Å². The first kappa shape index (κ1) is 15.8. The van der Waals surface area contributed by atoms with Gasteiger partial charge in [0, 0.05) is 31.9 Å². The molecule has 21 heavy (non-hydrogen) atoms. The van der Waals surface area contributed by atoms with Gasteiger partial charge in [0.2, 0.25) is 5.91 Å². The molecule has 1 aliphatic rings. The van der Waals surface area contributed by atoms with Crippen LogP contribution in [-0.2, 0) is 4.79 Å². The van der Waals surface area contributed by atoms with Gasteiger partial charge >= 0.3 is 0 Å². The van der Waals surface area contributed by atoms with E-state index in [1.807, 2.05) is 43.3 Å². The van der Waals surface area contributed by atoms with Gasteiger partial charge in [-0.3, -0.25) is 4.79 Å². The van der Waals surface area contributed by atoms with E-state index >= 15 is 0 Å². The average molecular weight is 289 g/mol. The van der Waals surface area contributed by atoms with E-state index in [2.05, 4.69) is 5.32 Å². The molecule has 0 heterocycles. The van der Waals surface area contributed by atoms with E-state index in [0.717, 1.165) is 24.2 Å². The number of nitrogens with two attached hydrogens (primary N) is 1. The van der Waals surface area contributed by atoms with Gasteiger partial charge in [0.25, 0.3) is 0 Å². The van der Waals surface area contributed by atoms with Gasteiger partial charge in [0.1, 0.15) is 0 Å². The Morgan fingerprint density at radius 2 is 1.81 bits per heavy atom. The van der Waals surface area contributed by atoms with Crippen LogP contribution in [0.5, 0.6) is 0 Å². The molecule has 1 aromatic carbocycles. The van der Waals surface area contributed by atoms with Crippen LogP contribution in [0, 0.1) is 5.41 Å². The summed E-state index contributed by atoms with van der Waals surface area (Å²) >= 11 is 0. The summed E-state index contributed by atoms with van der Waals surface area (Å²) in [7, 11) is 4.00. The van der Waals surface area contributed by atoms with E-state index in [1.165, 1.54) is 19.3 Å². The fourth-order valence-electron chi connectivity index (χ4n) is 3.14. The quantitative estimate of drug-likeness (QED) is 0.876. The van der Waals surface area contributed by atoms with Crippen LogP contribution >= 0.6 is 0 Å². The van der Waals surface area contributed by atoms with Gasteiger partial charge < -0.3 is 16.0 Å². The second-order valence-corrected chi connectivity index (χ2v) is 6.43. The van der Waals surface area contributed by atoms with Crippen LogP contribution in [-0.4, -0.2) is 26.5 Å². The molecule has 4 heteroatoms. The molecule has 0 saturated heterocycles. The third kappa shape index (κ3) is 4.21. The first-order valence-corrected chi connectivity index (χ1v) is 7.82. The number of anilines is 2. The first-order chi connectivity index (χ1) is 10.0. The molecule has 1 amide bonds. The third-order valence-corrected chi connectivity index (χ3v) is 4.55. The molecule has 1 saturated carbocycles. The van der Waals surface area contributed by atoms with Crippen LogP contribution in [0.3, 0.4) is 0 Å². The van der Waals surface area contributed by atoms with Crippen LogP contribution in [0.1, 0.15) is 38.5 Å². The largest absolute Gasteiger partial charge is 0.378 e. The van der Waals surface area contributed by atoms with Gasteiger partial charge in [-0.05, 0) is 49.1 Å². The second-order valence-electron chi connectivity index (χ2n) is 6.43. The van der Waals surface area contributed by atoms with Crippen molar-refractivity contribution in [2.24, 2.45) is 11.1 Å². The Morgan fingerprint density at radius 1 is 1.19 bits per heavy atom. The Balaban J connectivity index is 1.94. The summed E-state index contributed by atoms with van der Waals surface area (Å²) in [4.78, 5) is 14.3. The summed E-state index contributed by atoms with van der Waals surface area (Å²) in [5.41, 5.74) is 7.95. The minimum Gasteiger partial charge on any atom is -0.378 e. The van der Waals surface area contributed by atoms with E-state index in [9.17, 15) is 4.79 Å². The van der Waals surface area contributed by atoms with Crippen LogP contribution in [0.25, 0.3) is 0 Å². The minimum atomic E-state index is 0.0198. The summed E-state index contributed by atoms with van der Waals surface area (Å²) in [5, 5.41) is 3.00. The Bertz CT molecular complexity index is 461. The van der Waals surface area contributed by atoms with Crippen LogP contribution < -0.4 is 16.0 Å². The van der Waals surface area contributed by atoms with E-state index in [0.29, 0.717) is 13.0 Å². The summed E-state index contributed by atoms with van der Waals surface area (Å²) in [6, 6.07) is 7.91. The summed E-state index contributed by atoms with van der Waals surface area (Å²) < 4.78 is 0. The number of hydrogen-bond acceptors (Lipinski definition) is 3. The van der Waals surface area contributed by atoms with Crippen molar-refractivity contribution >= 4 is 17.3 Å². The Kier molecular flexibility index (Phi) is 5.23. The monoisotopic (exact) mass is 289 g/mol. The molecule has 4 nitrogen and oxygen atoms in total. The number of rotatable bonds is 5. The first-order valence-electron chi connectivity index (χ1n) is 7.82. The number of carbonyl (C=O) groups excluding carboxylic acids is 1. The van der Waals surface area contributed by atoms with E-state index in [1.54, 1.807) is 0 Å². The van der Waals surface area contributed by atoms with Gasteiger partial charge in [0.15, 0.2) is 0 Å². The lowest BCUT2D eigenvalue weighted by Gasteiger charge is -2.35. The molecule has 0 spiro atoms. The molecule has 0 aliphatic heterocycles. The fourth-order valence-corrected chi connectivity index (χ4v) is 3.14. The van der Waals surface area contributed by atoms with Crippen molar-refractivity contribution < 1.29 is 4.79 Å². The molecule has 0 aromatic heterocycles. The second kappa shape index (κ2) is 6.94. The average Bonchev–Trinajstić information content (AvgIpc) is 2.48. The SMILES string of the molecule is CN(C)c1ccc(NC(=O)CC2(CN)CCCCC2)cc1. The zero-order valence-electron chi connectivity index (χ0n) is 13.2. The summed E-state index contributed by atoms with van der Waals surface area (Å²) in [5.74, 6) is 0.0833. The molecular formula is C17H27N3O. The molecule has 116 valence electrons. The van der Waals surface area contributed by atoms with Gasteiger partial charge in [-0.25, -0.2) is 0 Å². The minimum absolute atomic E-state index is 0.0198. The lowest BCUT2D eigenvalue weighted by Crippen LogP contribution is -2.36. The molecule has 0 bridgehead atoms. The van der Waals surface area contributed by atoms with Gasteiger partial charge in [-0.1, -0.05) is 19.3 Å². The number of nitrogens with zero attached hydrogens (tertiary/aromatic N) is 1. The van der Waals surface area contributed by atoms with Gasteiger partial charge in [0.05, 0.1) is 0 Å². The maximum Gasteiger partial charge on any atom is 0.224 e. The Hall–Kier alpha value is -1.55. The number of benzene rings is 1. The van der Waals surface area contributed by atoms with Gasteiger partial charge in [-0.2, -0.15) is 0 Å². The summed E-state index contributed by atoms with van der Waals surface area (Å²) in [6.07, 6.45) is 6.37. The molecule has 1 fully saturated rings. The molecule has 2 rings (SSSR count). The van der Waals surface area contributed by atoms with Crippen molar-refractivity contribution in [1.29, 1.82) is 0 Å². The highest BCUT2D eigenvalue weighted by atomic mass is 16.1. The van der Waals surface area contributed by atoms with Crippen molar-refractivity contribution in [3.8, 4) is 0 Å². The molecule has 0 unspecified atom stereocenters. The van der Waals surface area contributed by atoms with Crippen molar-refractivity contribution in [3.63, 3.8) is 0 Å². The predicted octanol–water partition coefficient (Wildman–Crippen LogP) is 2.99. The normalized spacial score (nSPS) is 17.3. The topological polar surface area (TPSA) is 58.4 Å². The zero-order chi connectivity index (χ0) is 15.3. The molecule has 1 aromatic rings. The predicted molar refractivity (Wildman–Crippen MR) is 88.6 cm³/mol. The molecule has 1 aliphatic carbocycles. The number of amides is 1. The Labute approximate surface area is 127 Å². The van der Waals surface area contributed by atoms with Crippen LogP contribution in [0.2, 0.25) is 0 Å². The summed E-state index contributed by atoms with van der Waals surface area (Å²) in [6.45, 7) is 0.611. The van der Waals surface area contributed by atoms with E-state index < -0.39 is 0 Å². The lowest BCUT2D eigenvalue weighted by molar-refractivity contribution is -0.118. The van der Waals surface area contributed by atoms with Crippen molar-refractivity contribution in [1.82, 2.24) is 0 Å². The Morgan fingerprint density at radius 3 is 2.33 bits per heavy atom. The van der Waals surface area contributed by atoms with Crippen molar-refractivity contribution in [2.45, 2.75) is 38.5 Å². The maximum atomic E-state index is 12.3. The standard InChI is InChI=1S/C17H27N3O/c1-20(2)15-8-6-14(7-9-15)19-16(21)12-17(13-18)10-4-3-5-11-17/h6-9H,3-5,10-13,18H2,1-2H3,(H,19,21). The van der Waals surface area contributed by atoms with Crippen molar-refractivity contribution in [2.75, 3.05) is 30.9 Å². The molecule has 0 radical (unpaired) electrons. The molecule has 0 atom stereocenters. The van der Waals surface area contributed by atoms with Crippen molar-refractivity contribution in [3.05, 3.63) is 24.3 Å². The maximum absolute atomic E-state index is 12.3. The smallest absolute Gasteiger partial charge is 0.224 e.